The normalized spacial score (nSPS) is 10.9. The molecule has 0 radical (unpaired) electrons. The molecule has 0 aliphatic heterocycles. The molecule has 3 aromatic rings. The Kier molecular flexibility index (Phi) is 4.66. The second-order valence-electron chi connectivity index (χ2n) is 4.85. The first kappa shape index (κ1) is 15.5. The highest BCUT2D eigenvalue weighted by molar-refractivity contribution is 5.82. The second kappa shape index (κ2) is 7.23. The van der Waals surface area contributed by atoms with Crippen LogP contribution in [-0.4, -0.2) is 32.3 Å². The Hall–Kier alpha value is -3.42. The number of hydrogen-bond donors (Lipinski definition) is 1. The highest BCUT2D eigenvalue weighted by Crippen LogP contribution is 2.13. The van der Waals surface area contributed by atoms with Crippen LogP contribution in [0.25, 0.3) is 11.4 Å². The van der Waals surface area contributed by atoms with Crippen molar-refractivity contribution in [3.63, 3.8) is 0 Å². The highest BCUT2D eigenvalue weighted by atomic mass is 19.1. The van der Waals surface area contributed by atoms with Crippen LogP contribution in [0.4, 0.5) is 4.39 Å². The molecule has 1 aromatic heterocycles. The van der Waals surface area contributed by atoms with Gasteiger partial charge in [0, 0.05) is 5.56 Å². The largest absolute Gasteiger partial charge is 0.271 e. The lowest BCUT2D eigenvalue weighted by Gasteiger charge is -1.98. The van der Waals surface area contributed by atoms with Crippen LogP contribution in [0, 0.1) is 5.82 Å². The van der Waals surface area contributed by atoms with Crippen LogP contribution >= 0.6 is 0 Å². The number of nitrogens with one attached hydrogen (secondary N) is 1. The molecular formula is C16H13FN6O. The average Bonchev–Trinajstić information content (AvgIpc) is 3.05. The number of nitrogens with zero attached hydrogens (tertiary/aromatic N) is 5. The third-order valence-corrected chi connectivity index (χ3v) is 3.04. The van der Waals surface area contributed by atoms with Gasteiger partial charge < -0.3 is 0 Å². The zero-order valence-electron chi connectivity index (χ0n) is 12.5. The standard InChI is InChI=1S/C16H13FN6O/c17-14-8-6-13(7-9-14)16-20-22-23(21-16)11-15(24)19-18-10-12-4-2-1-3-5-12/h1-10H,11H2,(H,19,24)/b18-10-. The van der Waals surface area contributed by atoms with E-state index in [0.29, 0.717) is 11.4 Å². The fourth-order valence-corrected chi connectivity index (χ4v) is 1.91. The minimum Gasteiger partial charge on any atom is -0.271 e. The van der Waals surface area contributed by atoms with Crippen LogP contribution in [0.2, 0.25) is 0 Å². The van der Waals surface area contributed by atoms with Crippen LogP contribution in [0.3, 0.4) is 0 Å². The van der Waals surface area contributed by atoms with Crippen molar-refractivity contribution in [2.45, 2.75) is 6.54 Å². The summed E-state index contributed by atoms with van der Waals surface area (Å²) in [6, 6.07) is 15.1. The SMILES string of the molecule is O=C(Cn1nnc(-c2ccc(F)cc2)n1)N/N=C\c1ccccc1. The fraction of sp³-hybridized carbons (Fsp3) is 0.0625. The number of carbonyl (C=O) groups is 1. The molecule has 2 aromatic carbocycles. The molecule has 1 heterocycles. The van der Waals surface area contributed by atoms with Gasteiger partial charge in [-0.05, 0) is 35.0 Å². The molecule has 0 saturated heterocycles. The first-order chi connectivity index (χ1) is 11.7. The Labute approximate surface area is 136 Å². The van der Waals surface area contributed by atoms with Crippen LogP contribution in [0.1, 0.15) is 5.56 Å². The molecule has 0 spiro atoms. The van der Waals surface area contributed by atoms with Crippen molar-refractivity contribution < 1.29 is 9.18 Å². The molecule has 7 nitrogen and oxygen atoms in total. The lowest BCUT2D eigenvalue weighted by atomic mass is 10.2. The molecule has 0 aliphatic rings. The molecular weight excluding hydrogens is 311 g/mol. The predicted molar refractivity (Wildman–Crippen MR) is 85.4 cm³/mol. The van der Waals surface area contributed by atoms with E-state index in [1.54, 1.807) is 12.1 Å². The highest BCUT2D eigenvalue weighted by Gasteiger charge is 2.08. The van der Waals surface area contributed by atoms with E-state index in [1.807, 2.05) is 30.3 Å². The van der Waals surface area contributed by atoms with Crippen molar-refractivity contribution in [2.24, 2.45) is 5.10 Å². The number of amides is 1. The summed E-state index contributed by atoms with van der Waals surface area (Å²) in [6.45, 7) is -0.125. The number of benzene rings is 2. The molecule has 1 amide bonds. The zero-order valence-corrected chi connectivity index (χ0v) is 12.5. The van der Waals surface area contributed by atoms with E-state index in [-0.39, 0.29) is 18.3 Å². The van der Waals surface area contributed by atoms with Crippen molar-refractivity contribution in [3.8, 4) is 11.4 Å². The van der Waals surface area contributed by atoms with Crippen LogP contribution in [0.15, 0.2) is 59.7 Å². The van der Waals surface area contributed by atoms with Gasteiger partial charge in [0.2, 0.25) is 5.82 Å². The maximum absolute atomic E-state index is 12.9. The van der Waals surface area contributed by atoms with Gasteiger partial charge in [-0.3, -0.25) is 4.79 Å². The maximum atomic E-state index is 12.9. The first-order valence-corrected chi connectivity index (χ1v) is 7.11. The summed E-state index contributed by atoms with van der Waals surface area (Å²) in [5.74, 6) is -0.414. The predicted octanol–water partition coefficient (Wildman–Crippen LogP) is 1.63. The molecule has 24 heavy (non-hydrogen) atoms. The maximum Gasteiger partial charge on any atom is 0.263 e. The lowest BCUT2D eigenvalue weighted by Crippen LogP contribution is -2.24. The van der Waals surface area contributed by atoms with E-state index in [1.165, 1.54) is 18.3 Å². The van der Waals surface area contributed by atoms with Gasteiger partial charge in [0.25, 0.3) is 5.91 Å². The summed E-state index contributed by atoms with van der Waals surface area (Å²) in [5, 5.41) is 15.6. The summed E-state index contributed by atoms with van der Waals surface area (Å²) in [4.78, 5) is 12.9. The van der Waals surface area contributed by atoms with Gasteiger partial charge in [-0.15, -0.1) is 10.2 Å². The zero-order chi connectivity index (χ0) is 16.8. The molecule has 1 N–H and O–H groups in total. The summed E-state index contributed by atoms with van der Waals surface area (Å²) in [7, 11) is 0. The summed E-state index contributed by atoms with van der Waals surface area (Å²) in [5.41, 5.74) is 3.87. The minimum atomic E-state index is -0.384. The number of aromatic nitrogens is 4. The minimum absolute atomic E-state index is 0.125. The third-order valence-electron chi connectivity index (χ3n) is 3.04. The molecule has 8 heteroatoms. The number of tetrazole rings is 1. The van der Waals surface area contributed by atoms with Gasteiger partial charge in [0.05, 0.1) is 6.21 Å². The molecule has 3 rings (SSSR count). The van der Waals surface area contributed by atoms with E-state index in [2.05, 4.69) is 25.9 Å². The summed E-state index contributed by atoms with van der Waals surface area (Å²) in [6.07, 6.45) is 1.54. The van der Waals surface area contributed by atoms with Crippen LogP contribution < -0.4 is 5.43 Å². The first-order valence-electron chi connectivity index (χ1n) is 7.11. The molecule has 120 valence electrons. The van der Waals surface area contributed by atoms with Crippen molar-refractivity contribution in [1.29, 1.82) is 0 Å². The molecule has 0 fully saturated rings. The van der Waals surface area contributed by atoms with Gasteiger partial charge in [-0.25, -0.2) is 9.82 Å². The Morgan fingerprint density at radius 2 is 1.92 bits per heavy atom. The van der Waals surface area contributed by atoms with Gasteiger partial charge in [0.1, 0.15) is 12.4 Å². The Bertz CT molecular complexity index is 845. The Morgan fingerprint density at radius 3 is 2.67 bits per heavy atom. The van der Waals surface area contributed by atoms with Crippen molar-refractivity contribution in [1.82, 2.24) is 25.6 Å². The van der Waals surface area contributed by atoms with Gasteiger partial charge >= 0.3 is 0 Å². The Balaban J connectivity index is 1.57. The molecule has 0 unspecified atom stereocenters. The second-order valence-corrected chi connectivity index (χ2v) is 4.85. The van der Waals surface area contributed by atoms with E-state index in [9.17, 15) is 9.18 Å². The van der Waals surface area contributed by atoms with Crippen LogP contribution in [0.5, 0.6) is 0 Å². The monoisotopic (exact) mass is 324 g/mol. The van der Waals surface area contributed by atoms with Gasteiger partial charge in [-0.1, -0.05) is 30.3 Å². The van der Waals surface area contributed by atoms with Crippen molar-refractivity contribution >= 4 is 12.1 Å². The van der Waals surface area contributed by atoms with E-state index >= 15 is 0 Å². The van der Waals surface area contributed by atoms with E-state index in [0.717, 1.165) is 10.4 Å². The average molecular weight is 324 g/mol. The van der Waals surface area contributed by atoms with Crippen molar-refractivity contribution in [3.05, 3.63) is 66.0 Å². The number of carbonyl (C=O) groups excluding carboxylic acids is 1. The van der Waals surface area contributed by atoms with Crippen LogP contribution in [-0.2, 0) is 11.3 Å². The molecule has 0 aliphatic carbocycles. The molecule has 0 saturated carbocycles. The Morgan fingerprint density at radius 1 is 1.17 bits per heavy atom. The topological polar surface area (TPSA) is 85.1 Å². The lowest BCUT2D eigenvalue weighted by molar-refractivity contribution is -0.122. The third kappa shape index (κ3) is 4.07. The molecule has 0 atom stereocenters. The number of hydrazone groups is 1. The number of halogens is 1. The number of rotatable bonds is 5. The summed E-state index contributed by atoms with van der Waals surface area (Å²) >= 11 is 0. The van der Waals surface area contributed by atoms with Crippen molar-refractivity contribution in [2.75, 3.05) is 0 Å². The summed E-state index contributed by atoms with van der Waals surface area (Å²) < 4.78 is 12.9. The molecule has 0 bridgehead atoms. The van der Waals surface area contributed by atoms with Gasteiger partial charge in [0.15, 0.2) is 0 Å². The quantitative estimate of drug-likeness (QED) is 0.571. The smallest absolute Gasteiger partial charge is 0.263 e. The van der Waals surface area contributed by atoms with Gasteiger partial charge in [-0.2, -0.15) is 9.90 Å². The van der Waals surface area contributed by atoms with E-state index < -0.39 is 0 Å². The fourth-order valence-electron chi connectivity index (χ4n) is 1.91. The van der Waals surface area contributed by atoms with E-state index in [4.69, 9.17) is 0 Å². The number of hydrogen-bond acceptors (Lipinski definition) is 5.